The molecule has 9 nitrogen and oxygen atoms in total. The Morgan fingerprint density at radius 1 is 1.17 bits per heavy atom. The summed E-state index contributed by atoms with van der Waals surface area (Å²) in [5.41, 5.74) is 0.767. The summed E-state index contributed by atoms with van der Waals surface area (Å²) in [7, 11) is 0. The summed E-state index contributed by atoms with van der Waals surface area (Å²) in [6.45, 7) is 1.49. The molecule has 1 atom stereocenters. The van der Waals surface area contributed by atoms with Crippen molar-refractivity contribution in [1.29, 1.82) is 0 Å². The van der Waals surface area contributed by atoms with Crippen molar-refractivity contribution in [3.8, 4) is 5.75 Å². The van der Waals surface area contributed by atoms with Crippen LogP contribution >= 0.6 is 0 Å². The van der Waals surface area contributed by atoms with Gasteiger partial charge in [-0.15, -0.1) is 0 Å². The highest BCUT2D eigenvalue weighted by Gasteiger charge is 2.21. The molecule has 0 aliphatic carbocycles. The van der Waals surface area contributed by atoms with Crippen LogP contribution in [0.2, 0.25) is 0 Å². The minimum Gasteiger partial charge on any atom is -0.508 e. The Balaban J connectivity index is 2.44. The Kier molecular flexibility index (Phi) is 8.72. The number of phenolic OH excluding ortho intramolecular Hbond substituents is 1. The fraction of sp³-hybridized carbons (Fsp3) is 0.467. The summed E-state index contributed by atoms with van der Waals surface area (Å²) in [4.78, 5) is 27.7. The van der Waals surface area contributed by atoms with Crippen LogP contribution in [0.5, 0.6) is 5.75 Å². The first-order valence-corrected chi connectivity index (χ1v) is 7.41. The van der Waals surface area contributed by atoms with Crippen molar-refractivity contribution in [2.75, 3.05) is 13.2 Å². The molecule has 0 radical (unpaired) electrons. The van der Waals surface area contributed by atoms with Crippen LogP contribution < -0.4 is 5.32 Å². The lowest BCUT2D eigenvalue weighted by Crippen LogP contribution is -2.42. The molecule has 0 fully saturated rings. The lowest BCUT2D eigenvalue weighted by molar-refractivity contribution is -0.492. The molecule has 1 amide bonds. The largest absolute Gasteiger partial charge is 0.508 e. The Hall–Kier alpha value is -2.20. The van der Waals surface area contributed by atoms with E-state index in [1.54, 1.807) is 12.1 Å². The van der Waals surface area contributed by atoms with E-state index in [-0.39, 0.29) is 36.7 Å². The second kappa shape index (κ2) is 10.6. The van der Waals surface area contributed by atoms with Gasteiger partial charge < -0.3 is 15.2 Å². The molecular weight excluding hydrogens is 320 g/mol. The van der Waals surface area contributed by atoms with E-state index in [9.17, 15) is 14.7 Å². The highest BCUT2D eigenvalue weighted by Crippen LogP contribution is 2.12. The molecule has 0 spiro atoms. The van der Waals surface area contributed by atoms with Crippen molar-refractivity contribution in [3.63, 3.8) is 0 Å². The highest BCUT2D eigenvalue weighted by molar-refractivity contribution is 5.83. The Morgan fingerprint density at radius 2 is 1.79 bits per heavy atom. The van der Waals surface area contributed by atoms with Crippen LogP contribution in [0.25, 0.3) is 0 Å². The van der Waals surface area contributed by atoms with Gasteiger partial charge in [-0.05, 0) is 30.5 Å². The molecule has 0 saturated carbocycles. The summed E-state index contributed by atoms with van der Waals surface area (Å²) >= 11 is 0. The zero-order valence-corrected chi connectivity index (χ0v) is 13.3. The minimum atomic E-state index is -0.825. The quantitative estimate of drug-likeness (QED) is 0.279. The van der Waals surface area contributed by atoms with Crippen molar-refractivity contribution < 1.29 is 34.7 Å². The van der Waals surface area contributed by atoms with Gasteiger partial charge in [0.2, 0.25) is 5.91 Å². The molecule has 1 aromatic rings. The third-order valence-electron chi connectivity index (χ3n) is 3.03. The van der Waals surface area contributed by atoms with E-state index in [1.807, 2.05) is 0 Å². The fourth-order valence-electron chi connectivity index (χ4n) is 1.93. The molecule has 4 N–H and O–H groups in total. The standard InChI is InChI=1S/C15H22N2O7/c1-11(18)16-14(10-12-4-6-13(19)7-5-12)15(20)23-8-2-3-9-24-17(21)22/h4-7,14,19,21-22H,2-3,8-10H2,1H3,(H,16,18). The Bertz CT molecular complexity index is 519. The number of rotatable bonds is 10. The molecule has 0 aromatic heterocycles. The van der Waals surface area contributed by atoms with Gasteiger partial charge in [0, 0.05) is 13.3 Å². The summed E-state index contributed by atoms with van der Waals surface area (Å²) < 4.78 is 5.11. The maximum absolute atomic E-state index is 12.1. The van der Waals surface area contributed by atoms with Gasteiger partial charge in [-0.3, -0.25) is 20.0 Å². The normalized spacial score (nSPS) is 12.0. The molecular formula is C15H22N2O7. The molecule has 1 rings (SSSR count). The van der Waals surface area contributed by atoms with E-state index in [0.717, 1.165) is 5.56 Å². The van der Waals surface area contributed by atoms with Crippen LogP contribution in [0.3, 0.4) is 0 Å². The average Bonchev–Trinajstić information content (AvgIpc) is 2.51. The van der Waals surface area contributed by atoms with Gasteiger partial charge >= 0.3 is 5.97 Å². The smallest absolute Gasteiger partial charge is 0.328 e. The predicted octanol–water partition coefficient (Wildman–Crippen LogP) is 0.775. The molecule has 1 unspecified atom stereocenters. The maximum Gasteiger partial charge on any atom is 0.328 e. The SMILES string of the molecule is CC(=O)NC(Cc1ccc(O)cc1)C(=O)OCCCCON(O)O. The number of hydrogen-bond acceptors (Lipinski definition) is 8. The van der Waals surface area contributed by atoms with Gasteiger partial charge in [-0.25, -0.2) is 4.79 Å². The van der Waals surface area contributed by atoms with E-state index in [1.165, 1.54) is 19.1 Å². The minimum absolute atomic E-state index is 0.0627. The zero-order chi connectivity index (χ0) is 17.9. The van der Waals surface area contributed by atoms with E-state index >= 15 is 0 Å². The number of carbonyl (C=O) groups is 2. The average molecular weight is 342 g/mol. The molecule has 0 aliphatic rings. The van der Waals surface area contributed by atoms with Gasteiger partial charge in [0.05, 0.1) is 18.6 Å². The third kappa shape index (κ3) is 8.44. The monoisotopic (exact) mass is 342 g/mol. The van der Waals surface area contributed by atoms with Crippen LogP contribution in [0.1, 0.15) is 25.3 Å². The van der Waals surface area contributed by atoms with Gasteiger partial charge in [-0.2, -0.15) is 0 Å². The number of benzene rings is 1. The van der Waals surface area contributed by atoms with Crippen LogP contribution in [0.4, 0.5) is 0 Å². The van der Waals surface area contributed by atoms with Crippen molar-refractivity contribution in [2.45, 2.75) is 32.2 Å². The number of esters is 1. The number of aromatic hydroxyl groups is 1. The van der Waals surface area contributed by atoms with Crippen molar-refractivity contribution >= 4 is 11.9 Å². The first kappa shape index (κ1) is 19.8. The van der Waals surface area contributed by atoms with Crippen molar-refractivity contribution in [1.82, 2.24) is 10.7 Å². The topological polar surface area (TPSA) is 129 Å². The molecule has 0 aliphatic heterocycles. The van der Waals surface area contributed by atoms with E-state index in [0.29, 0.717) is 12.8 Å². The van der Waals surface area contributed by atoms with Crippen LogP contribution in [-0.2, 0) is 25.6 Å². The lowest BCUT2D eigenvalue weighted by atomic mass is 10.1. The number of unbranched alkanes of at least 4 members (excludes halogenated alkanes) is 1. The van der Waals surface area contributed by atoms with Crippen molar-refractivity contribution in [2.24, 2.45) is 0 Å². The maximum atomic E-state index is 12.1. The van der Waals surface area contributed by atoms with Crippen LogP contribution in [0, 0.1) is 0 Å². The first-order valence-electron chi connectivity index (χ1n) is 7.41. The molecule has 24 heavy (non-hydrogen) atoms. The summed E-state index contributed by atoms with van der Waals surface area (Å²) in [6, 6.07) is 5.48. The van der Waals surface area contributed by atoms with E-state index in [4.69, 9.17) is 15.2 Å². The van der Waals surface area contributed by atoms with E-state index in [2.05, 4.69) is 10.2 Å². The summed E-state index contributed by atoms with van der Waals surface area (Å²) in [5.74, 6) is -0.802. The molecule has 1 aromatic carbocycles. The van der Waals surface area contributed by atoms with Crippen molar-refractivity contribution in [3.05, 3.63) is 29.8 Å². The number of carbonyl (C=O) groups excluding carboxylic acids is 2. The van der Waals surface area contributed by atoms with Crippen LogP contribution in [-0.4, -0.2) is 52.0 Å². The molecule has 134 valence electrons. The Morgan fingerprint density at radius 3 is 2.38 bits per heavy atom. The number of hydrogen-bond donors (Lipinski definition) is 4. The molecule has 0 saturated heterocycles. The predicted molar refractivity (Wildman–Crippen MR) is 81.0 cm³/mol. The van der Waals surface area contributed by atoms with E-state index < -0.39 is 12.0 Å². The number of nitrogens with zero attached hydrogens (tertiary/aromatic N) is 1. The zero-order valence-electron chi connectivity index (χ0n) is 13.3. The number of nitrogens with one attached hydrogen (secondary N) is 1. The lowest BCUT2D eigenvalue weighted by Gasteiger charge is -2.17. The fourth-order valence-corrected chi connectivity index (χ4v) is 1.93. The molecule has 0 heterocycles. The molecule has 9 heteroatoms. The number of amides is 1. The summed E-state index contributed by atoms with van der Waals surface area (Å²) in [5, 5.41) is 28.1. The Labute approximate surface area is 139 Å². The van der Waals surface area contributed by atoms with Gasteiger partial charge in [0.1, 0.15) is 11.8 Å². The second-order valence-corrected chi connectivity index (χ2v) is 5.08. The van der Waals surface area contributed by atoms with Gasteiger partial charge in [0.15, 0.2) is 0 Å². The molecule has 0 bridgehead atoms. The number of ether oxygens (including phenoxy) is 1. The van der Waals surface area contributed by atoms with Crippen LogP contribution in [0.15, 0.2) is 24.3 Å². The van der Waals surface area contributed by atoms with Gasteiger partial charge in [0.25, 0.3) is 0 Å². The van der Waals surface area contributed by atoms with Gasteiger partial charge in [-0.1, -0.05) is 12.1 Å². The third-order valence-corrected chi connectivity index (χ3v) is 3.03. The second-order valence-electron chi connectivity index (χ2n) is 5.08. The first-order chi connectivity index (χ1) is 11.4. The number of phenols is 1. The summed E-state index contributed by atoms with van der Waals surface area (Å²) in [6.07, 6.45) is 1.16. The highest BCUT2D eigenvalue weighted by atomic mass is 17.1.